The standard InChI is InChI=1S/C21H21Cl4N5/c1-2-30-7-3-4-14(11-30)26-20-15-8-12(22)9-18(25)19(15)28-21(29-20)27-13-5-6-16(23)17(24)10-13/h5-6,8-10,14H,2-4,7,11H2,1H3,(H2,26,27,28,29). The summed E-state index contributed by atoms with van der Waals surface area (Å²) in [7, 11) is 0. The molecule has 1 saturated heterocycles. The summed E-state index contributed by atoms with van der Waals surface area (Å²) in [5.74, 6) is 1.12. The number of nitrogens with zero attached hydrogens (tertiary/aromatic N) is 3. The summed E-state index contributed by atoms with van der Waals surface area (Å²) in [6.07, 6.45) is 2.22. The molecule has 0 amide bonds. The number of benzene rings is 2. The fraction of sp³-hybridized carbons (Fsp3) is 0.333. The fourth-order valence-corrected chi connectivity index (χ4v) is 4.51. The number of likely N-dealkylation sites (tertiary alicyclic amines) is 1. The lowest BCUT2D eigenvalue weighted by Crippen LogP contribution is -2.42. The van der Waals surface area contributed by atoms with Crippen molar-refractivity contribution in [1.29, 1.82) is 0 Å². The Hall–Kier alpha value is -1.50. The first-order valence-corrected chi connectivity index (χ1v) is 11.3. The van der Waals surface area contributed by atoms with Crippen molar-refractivity contribution in [3.8, 4) is 0 Å². The van der Waals surface area contributed by atoms with Gasteiger partial charge < -0.3 is 15.5 Å². The molecule has 2 heterocycles. The predicted molar refractivity (Wildman–Crippen MR) is 128 cm³/mol. The van der Waals surface area contributed by atoms with Gasteiger partial charge in [-0.1, -0.05) is 53.3 Å². The van der Waals surface area contributed by atoms with Gasteiger partial charge in [0.05, 0.1) is 20.6 Å². The SMILES string of the molecule is CCN1CCCC(Nc2nc(Nc3ccc(Cl)c(Cl)c3)nc3c(Cl)cc(Cl)cc23)C1. The van der Waals surface area contributed by atoms with Crippen molar-refractivity contribution < 1.29 is 0 Å². The first kappa shape index (κ1) is 21.7. The molecule has 5 nitrogen and oxygen atoms in total. The van der Waals surface area contributed by atoms with Crippen LogP contribution in [0, 0.1) is 0 Å². The highest BCUT2D eigenvalue weighted by Gasteiger charge is 2.21. The van der Waals surface area contributed by atoms with Gasteiger partial charge in [0.15, 0.2) is 0 Å². The number of aromatic nitrogens is 2. The van der Waals surface area contributed by atoms with Crippen LogP contribution in [-0.2, 0) is 0 Å². The van der Waals surface area contributed by atoms with Gasteiger partial charge in [0.1, 0.15) is 5.82 Å². The van der Waals surface area contributed by atoms with Crippen LogP contribution < -0.4 is 10.6 Å². The van der Waals surface area contributed by atoms with Crippen molar-refractivity contribution in [2.24, 2.45) is 0 Å². The Labute approximate surface area is 195 Å². The third-order valence-corrected chi connectivity index (χ3v) is 6.43. The van der Waals surface area contributed by atoms with Crippen LogP contribution >= 0.6 is 46.4 Å². The predicted octanol–water partition coefficient (Wildman–Crippen LogP) is 6.88. The highest BCUT2D eigenvalue weighted by atomic mass is 35.5. The van der Waals surface area contributed by atoms with Gasteiger partial charge in [0, 0.05) is 28.7 Å². The molecule has 1 fully saturated rings. The van der Waals surface area contributed by atoms with Gasteiger partial charge in [-0.3, -0.25) is 0 Å². The second kappa shape index (κ2) is 9.33. The molecule has 0 bridgehead atoms. The molecular weight excluding hydrogens is 464 g/mol. The maximum atomic E-state index is 6.47. The number of likely N-dealkylation sites (N-methyl/N-ethyl adjacent to an activating group) is 1. The minimum Gasteiger partial charge on any atom is -0.365 e. The summed E-state index contributed by atoms with van der Waals surface area (Å²) >= 11 is 24.9. The van der Waals surface area contributed by atoms with Gasteiger partial charge >= 0.3 is 0 Å². The molecule has 1 aliphatic heterocycles. The number of nitrogens with one attached hydrogen (secondary N) is 2. The van der Waals surface area contributed by atoms with Crippen LogP contribution in [0.1, 0.15) is 19.8 Å². The van der Waals surface area contributed by atoms with Gasteiger partial charge in [-0.25, -0.2) is 4.98 Å². The molecule has 9 heteroatoms. The highest BCUT2D eigenvalue weighted by Crippen LogP contribution is 2.33. The summed E-state index contributed by atoms with van der Waals surface area (Å²) in [5.41, 5.74) is 1.36. The number of piperidine rings is 1. The maximum absolute atomic E-state index is 6.47. The largest absolute Gasteiger partial charge is 0.365 e. The van der Waals surface area contributed by atoms with E-state index in [4.69, 9.17) is 51.4 Å². The number of anilines is 3. The van der Waals surface area contributed by atoms with E-state index >= 15 is 0 Å². The molecule has 1 unspecified atom stereocenters. The maximum Gasteiger partial charge on any atom is 0.229 e. The monoisotopic (exact) mass is 483 g/mol. The first-order chi connectivity index (χ1) is 14.4. The zero-order chi connectivity index (χ0) is 21.3. The van der Waals surface area contributed by atoms with E-state index in [0.29, 0.717) is 37.4 Å². The Kier molecular flexibility index (Phi) is 6.75. The molecule has 2 N–H and O–H groups in total. The molecule has 0 radical (unpaired) electrons. The van der Waals surface area contributed by atoms with Gasteiger partial charge in [0.25, 0.3) is 0 Å². The van der Waals surface area contributed by atoms with E-state index in [2.05, 4.69) is 27.4 Å². The number of rotatable bonds is 5. The normalized spacial score (nSPS) is 17.3. The van der Waals surface area contributed by atoms with Crippen molar-refractivity contribution in [3.05, 3.63) is 50.4 Å². The van der Waals surface area contributed by atoms with E-state index in [0.717, 1.165) is 43.5 Å². The Bertz CT molecular complexity index is 1070. The molecule has 1 aliphatic rings. The molecule has 2 aromatic carbocycles. The molecule has 3 aromatic rings. The number of hydrogen-bond acceptors (Lipinski definition) is 5. The smallest absolute Gasteiger partial charge is 0.229 e. The van der Waals surface area contributed by atoms with Crippen molar-refractivity contribution in [1.82, 2.24) is 14.9 Å². The zero-order valence-corrected chi connectivity index (χ0v) is 19.4. The first-order valence-electron chi connectivity index (χ1n) is 9.80. The summed E-state index contributed by atoms with van der Waals surface area (Å²) in [6, 6.07) is 9.08. The molecular formula is C21H21Cl4N5. The fourth-order valence-electron chi connectivity index (χ4n) is 3.68. The van der Waals surface area contributed by atoms with Crippen LogP contribution in [0.15, 0.2) is 30.3 Å². The van der Waals surface area contributed by atoms with Crippen LogP contribution in [0.3, 0.4) is 0 Å². The molecule has 0 saturated carbocycles. The quantitative estimate of drug-likeness (QED) is 0.413. The van der Waals surface area contributed by atoms with E-state index in [9.17, 15) is 0 Å². The molecule has 4 rings (SSSR count). The molecule has 1 atom stereocenters. The zero-order valence-electron chi connectivity index (χ0n) is 16.4. The molecule has 30 heavy (non-hydrogen) atoms. The van der Waals surface area contributed by atoms with Gasteiger partial charge in [-0.15, -0.1) is 0 Å². The minimum absolute atomic E-state index is 0.285. The number of fused-ring (bicyclic) bond motifs is 1. The molecule has 0 aliphatic carbocycles. The van der Waals surface area contributed by atoms with Gasteiger partial charge in [-0.2, -0.15) is 4.98 Å². The van der Waals surface area contributed by atoms with E-state index < -0.39 is 0 Å². The Morgan fingerprint density at radius 1 is 1.03 bits per heavy atom. The van der Waals surface area contributed by atoms with Gasteiger partial charge in [0.2, 0.25) is 5.95 Å². The second-order valence-electron chi connectivity index (χ2n) is 7.31. The molecule has 158 valence electrons. The summed E-state index contributed by atoms with van der Waals surface area (Å²) in [4.78, 5) is 11.8. The summed E-state index contributed by atoms with van der Waals surface area (Å²) in [6.45, 7) is 5.30. The minimum atomic E-state index is 0.285. The van der Waals surface area contributed by atoms with E-state index in [1.807, 2.05) is 12.1 Å². The average molecular weight is 485 g/mol. The summed E-state index contributed by atoms with van der Waals surface area (Å²) < 4.78 is 0. The topological polar surface area (TPSA) is 53.1 Å². The second-order valence-corrected chi connectivity index (χ2v) is 8.97. The van der Waals surface area contributed by atoms with E-state index in [1.54, 1.807) is 18.2 Å². The van der Waals surface area contributed by atoms with Crippen molar-refractivity contribution in [2.75, 3.05) is 30.3 Å². The lowest BCUT2D eigenvalue weighted by atomic mass is 10.1. The van der Waals surface area contributed by atoms with Crippen molar-refractivity contribution >= 4 is 74.8 Å². The molecule has 0 spiro atoms. The van der Waals surface area contributed by atoms with Crippen LogP contribution in [-0.4, -0.2) is 40.5 Å². The third-order valence-electron chi connectivity index (χ3n) is 5.19. The van der Waals surface area contributed by atoms with Crippen molar-refractivity contribution in [2.45, 2.75) is 25.8 Å². The number of hydrogen-bond donors (Lipinski definition) is 2. The van der Waals surface area contributed by atoms with Crippen LogP contribution in [0.4, 0.5) is 17.5 Å². The van der Waals surface area contributed by atoms with E-state index in [-0.39, 0.29) is 6.04 Å². The third kappa shape index (κ3) is 4.87. The Morgan fingerprint density at radius 3 is 2.63 bits per heavy atom. The van der Waals surface area contributed by atoms with Crippen LogP contribution in [0.5, 0.6) is 0 Å². The molecule has 1 aromatic heterocycles. The number of halogens is 4. The summed E-state index contributed by atoms with van der Waals surface area (Å²) in [5, 5.41) is 9.53. The van der Waals surface area contributed by atoms with Crippen LogP contribution in [0.2, 0.25) is 20.1 Å². The Balaban J connectivity index is 1.72. The lowest BCUT2D eigenvalue weighted by Gasteiger charge is -2.32. The van der Waals surface area contributed by atoms with Crippen molar-refractivity contribution in [3.63, 3.8) is 0 Å². The van der Waals surface area contributed by atoms with E-state index in [1.165, 1.54) is 0 Å². The average Bonchev–Trinajstić information content (AvgIpc) is 2.72. The highest BCUT2D eigenvalue weighted by molar-refractivity contribution is 6.42. The Morgan fingerprint density at radius 2 is 1.87 bits per heavy atom. The lowest BCUT2D eigenvalue weighted by molar-refractivity contribution is 0.226. The van der Waals surface area contributed by atoms with Crippen LogP contribution in [0.25, 0.3) is 10.9 Å². The van der Waals surface area contributed by atoms with Gasteiger partial charge in [-0.05, 0) is 56.3 Å².